The van der Waals surface area contributed by atoms with Crippen LogP contribution in [0.1, 0.15) is 99.9 Å². The van der Waals surface area contributed by atoms with Gasteiger partial charge in [-0.05, 0) is 125 Å². The topological polar surface area (TPSA) is 41.9 Å². The quantitative estimate of drug-likeness (QED) is 0.173. The first-order valence-electron chi connectivity index (χ1n) is 23.8. The predicted octanol–water partition coefficient (Wildman–Crippen LogP) is 15.9. The molecule has 4 aliphatic rings. The summed E-state index contributed by atoms with van der Waals surface area (Å²) in [5.74, 6) is 1.85. The summed E-state index contributed by atoms with van der Waals surface area (Å²) in [6.45, 7) is 18.7. The van der Waals surface area contributed by atoms with Crippen LogP contribution in [-0.2, 0) is 21.7 Å². The van der Waals surface area contributed by atoms with Gasteiger partial charge >= 0.3 is 0 Å². The number of anilines is 3. The van der Waals surface area contributed by atoms with Crippen molar-refractivity contribution in [3.63, 3.8) is 0 Å². The molecule has 4 nitrogen and oxygen atoms in total. The molecule has 8 aromatic carbocycles. The minimum Gasteiger partial charge on any atom is -0.279 e. The maximum Gasteiger partial charge on any atom is 0.238 e. The molecule has 4 aliphatic carbocycles. The lowest BCUT2D eigenvalue weighted by Crippen LogP contribution is -2.19. The second kappa shape index (κ2) is 13.6. The monoisotopic (exact) mass is 864 g/mol. The van der Waals surface area contributed by atoms with Crippen molar-refractivity contribution < 1.29 is 0 Å². The third-order valence-electron chi connectivity index (χ3n) is 16.2. The number of benzene rings is 8. The summed E-state index contributed by atoms with van der Waals surface area (Å²) in [7, 11) is 0. The highest BCUT2D eigenvalue weighted by Crippen LogP contribution is 2.55. The standard InChI is InChI=1S/C63H52N4/c1-60(2)51-23-15-11-19-43(51)47-33-37(26-31-53(47)60)57-64-58(38-25-29-45-41-17-9-13-21-49(41)62(5,6)55(45)34-38)66-59(65-57)67(39-28-32-54-48(35-39)44-20-12-16-24-52(44)61(54,3)4)40-27-30-46-42-18-10-14-22-50(42)63(7,8)56(46)36-40/h9-36H,1-8H3. The minimum absolute atomic E-state index is 0.118. The predicted molar refractivity (Wildman–Crippen MR) is 276 cm³/mol. The molecule has 4 heteroatoms. The second-order valence-corrected chi connectivity index (χ2v) is 21.3. The Morgan fingerprint density at radius 3 is 1.16 bits per heavy atom. The fraction of sp³-hybridized carbons (Fsp3) is 0.190. The van der Waals surface area contributed by atoms with Gasteiger partial charge in [-0.1, -0.05) is 189 Å². The van der Waals surface area contributed by atoms with E-state index in [2.05, 4.69) is 230 Å². The van der Waals surface area contributed by atoms with Crippen molar-refractivity contribution in [2.45, 2.75) is 77.0 Å². The Morgan fingerprint density at radius 1 is 0.284 bits per heavy atom. The number of rotatable bonds is 5. The van der Waals surface area contributed by atoms with Crippen molar-refractivity contribution in [1.82, 2.24) is 15.0 Å². The van der Waals surface area contributed by atoms with Crippen LogP contribution in [0.25, 0.3) is 67.3 Å². The molecule has 0 N–H and O–H groups in total. The number of nitrogens with zero attached hydrogens (tertiary/aromatic N) is 4. The van der Waals surface area contributed by atoms with E-state index in [0.29, 0.717) is 17.6 Å². The molecule has 0 spiro atoms. The summed E-state index contributed by atoms with van der Waals surface area (Å²) in [5.41, 5.74) is 24.0. The van der Waals surface area contributed by atoms with Crippen LogP contribution >= 0.6 is 0 Å². The zero-order chi connectivity index (χ0) is 45.8. The summed E-state index contributed by atoms with van der Waals surface area (Å²) < 4.78 is 0. The lowest BCUT2D eigenvalue weighted by atomic mass is 9.82. The fourth-order valence-electron chi connectivity index (χ4n) is 12.5. The Kier molecular flexibility index (Phi) is 8.08. The highest BCUT2D eigenvalue weighted by Gasteiger charge is 2.40. The summed E-state index contributed by atoms with van der Waals surface area (Å²) in [5, 5.41) is 0. The van der Waals surface area contributed by atoms with Gasteiger partial charge in [0.1, 0.15) is 0 Å². The van der Waals surface area contributed by atoms with Crippen molar-refractivity contribution in [3.8, 4) is 67.3 Å². The zero-order valence-corrected chi connectivity index (χ0v) is 39.5. The maximum absolute atomic E-state index is 5.58. The Labute approximate surface area is 394 Å². The van der Waals surface area contributed by atoms with Crippen LogP contribution in [0.2, 0.25) is 0 Å². The highest BCUT2D eigenvalue weighted by molar-refractivity contribution is 5.90. The van der Waals surface area contributed by atoms with Crippen molar-refractivity contribution in [2.24, 2.45) is 0 Å². The Hall–Kier alpha value is -7.43. The first kappa shape index (κ1) is 39.9. The summed E-state index contributed by atoms with van der Waals surface area (Å²) in [4.78, 5) is 18.9. The number of hydrogen-bond acceptors (Lipinski definition) is 4. The van der Waals surface area contributed by atoms with Crippen molar-refractivity contribution in [3.05, 3.63) is 214 Å². The SMILES string of the molecule is CC1(C)c2ccccc2-c2cc(-c3nc(-c4ccc5c(c4)C(C)(C)c4ccccc4-5)nc(N(c4ccc5c(c4)-c4ccccc4C5(C)C)c4ccc5c(c4)C(C)(C)c4ccccc4-5)n3)ccc21. The van der Waals surface area contributed by atoms with Crippen molar-refractivity contribution >= 4 is 17.3 Å². The van der Waals surface area contributed by atoms with Gasteiger partial charge in [-0.25, -0.2) is 4.98 Å². The molecule has 1 heterocycles. The lowest BCUT2D eigenvalue weighted by Gasteiger charge is -2.28. The van der Waals surface area contributed by atoms with E-state index in [1.807, 2.05) is 0 Å². The van der Waals surface area contributed by atoms with Crippen LogP contribution in [0.15, 0.2) is 170 Å². The summed E-state index contributed by atoms with van der Waals surface area (Å²) >= 11 is 0. The van der Waals surface area contributed by atoms with Crippen molar-refractivity contribution in [1.29, 1.82) is 0 Å². The van der Waals surface area contributed by atoms with Gasteiger partial charge in [-0.15, -0.1) is 0 Å². The van der Waals surface area contributed by atoms with Gasteiger partial charge in [-0.3, -0.25) is 4.90 Å². The summed E-state index contributed by atoms with van der Waals surface area (Å²) in [6.07, 6.45) is 0. The van der Waals surface area contributed by atoms with Crippen LogP contribution < -0.4 is 4.90 Å². The number of fused-ring (bicyclic) bond motifs is 12. The fourth-order valence-corrected chi connectivity index (χ4v) is 12.5. The molecule has 0 unspecified atom stereocenters. The molecule has 0 radical (unpaired) electrons. The van der Waals surface area contributed by atoms with E-state index < -0.39 is 0 Å². The van der Waals surface area contributed by atoms with Gasteiger partial charge in [0.05, 0.1) is 0 Å². The van der Waals surface area contributed by atoms with Gasteiger partial charge in [0.25, 0.3) is 0 Å². The van der Waals surface area contributed by atoms with E-state index in [0.717, 1.165) is 22.5 Å². The third kappa shape index (κ3) is 5.50. The van der Waals surface area contributed by atoms with Crippen LogP contribution in [0, 0.1) is 0 Å². The minimum atomic E-state index is -0.201. The first-order chi connectivity index (χ1) is 32.2. The van der Waals surface area contributed by atoms with Crippen LogP contribution in [0.5, 0.6) is 0 Å². The molecular weight excluding hydrogens is 813 g/mol. The van der Waals surface area contributed by atoms with E-state index in [-0.39, 0.29) is 21.7 Å². The molecule has 0 saturated heterocycles. The molecule has 0 bridgehead atoms. The molecule has 0 saturated carbocycles. The number of hydrogen-bond donors (Lipinski definition) is 0. The van der Waals surface area contributed by atoms with Crippen molar-refractivity contribution in [2.75, 3.05) is 4.90 Å². The normalized spacial score (nSPS) is 16.2. The van der Waals surface area contributed by atoms with E-state index in [9.17, 15) is 0 Å². The average molecular weight is 865 g/mol. The third-order valence-corrected chi connectivity index (χ3v) is 16.2. The van der Waals surface area contributed by atoms with E-state index in [1.54, 1.807) is 0 Å². The molecule has 13 rings (SSSR count). The maximum atomic E-state index is 5.58. The van der Waals surface area contributed by atoms with Gasteiger partial charge in [0, 0.05) is 44.2 Å². The smallest absolute Gasteiger partial charge is 0.238 e. The molecule has 0 fully saturated rings. The Balaban J connectivity index is 1.06. The highest BCUT2D eigenvalue weighted by atomic mass is 15.3. The van der Waals surface area contributed by atoms with Gasteiger partial charge in [-0.2, -0.15) is 9.97 Å². The van der Waals surface area contributed by atoms with Gasteiger partial charge in [0.2, 0.25) is 5.95 Å². The Morgan fingerprint density at radius 2 is 0.627 bits per heavy atom. The average Bonchev–Trinajstić information content (AvgIpc) is 3.91. The Bertz CT molecular complexity index is 3610. The molecule has 9 aromatic rings. The molecule has 0 aliphatic heterocycles. The number of aromatic nitrogens is 3. The van der Waals surface area contributed by atoms with Crippen LogP contribution in [-0.4, -0.2) is 15.0 Å². The second-order valence-electron chi connectivity index (χ2n) is 21.3. The van der Waals surface area contributed by atoms with E-state index >= 15 is 0 Å². The van der Waals surface area contributed by atoms with Crippen LogP contribution in [0.3, 0.4) is 0 Å². The first-order valence-corrected chi connectivity index (χ1v) is 23.8. The van der Waals surface area contributed by atoms with Gasteiger partial charge < -0.3 is 0 Å². The largest absolute Gasteiger partial charge is 0.279 e. The van der Waals surface area contributed by atoms with Gasteiger partial charge in [0.15, 0.2) is 11.6 Å². The molecule has 0 atom stereocenters. The summed E-state index contributed by atoms with van der Waals surface area (Å²) in [6, 6.07) is 62.9. The molecule has 0 amide bonds. The zero-order valence-electron chi connectivity index (χ0n) is 39.5. The molecule has 67 heavy (non-hydrogen) atoms. The molecule has 324 valence electrons. The molecular formula is C63H52N4. The van der Waals surface area contributed by atoms with E-state index in [1.165, 1.54) is 89.0 Å². The van der Waals surface area contributed by atoms with Crippen LogP contribution in [0.4, 0.5) is 17.3 Å². The molecule has 1 aromatic heterocycles. The van der Waals surface area contributed by atoms with E-state index in [4.69, 9.17) is 15.0 Å². The lowest BCUT2D eigenvalue weighted by molar-refractivity contribution is 0.660.